The molecular formula is C14H17NO2S. The molecule has 2 aromatic rings. The van der Waals surface area contributed by atoms with Crippen molar-refractivity contribution in [3.05, 3.63) is 36.1 Å². The second-order valence-electron chi connectivity index (χ2n) is 4.30. The van der Waals surface area contributed by atoms with Gasteiger partial charge in [-0.1, -0.05) is 18.2 Å². The third-order valence-corrected chi connectivity index (χ3v) is 3.25. The lowest BCUT2D eigenvalue weighted by molar-refractivity contribution is -0.129. The molecule has 18 heavy (non-hydrogen) atoms. The van der Waals surface area contributed by atoms with Crippen LogP contribution in [0.25, 0.3) is 11.0 Å². The van der Waals surface area contributed by atoms with Crippen LogP contribution < -0.4 is 0 Å². The lowest BCUT2D eigenvalue weighted by Crippen LogP contribution is -2.28. The van der Waals surface area contributed by atoms with Crippen LogP contribution in [-0.4, -0.2) is 30.2 Å². The van der Waals surface area contributed by atoms with Gasteiger partial charge in [-0.05, 0) is 23.8 Å². The van der Waals surface area contributed by atoms with Gasteiger partial charge in [0, 0.05) is 25.4 Å². The maximum Gasteiger partial charge on any atom is 0.223 e. The third-order valence-electron chi connectivity index (χ3n) is 3.03. The van der Waals surface area contributed by atoms with Crippen molar-refractivity contribution in [1.29, 1.82) is 0 Å². The molecule has 0 bridgehead atoms. The summed E-state index contributed by atoms with van der Waals surface area (Å²) in [5, 5.41) is 1.13. The first-order chi connectivity index (χ1) is 8.72. The van der Waals surface area contributed by atoms with Crippen LogP contribution in [0.2, 0.25) is 0 Å². The Bertz CT molecular complexity index is 535. The molecule has 4 heteroatoms. The first-order valence-electron chi connectivity index (χ1n) is 6.02. The van der Waals surface area contributed by atoms with Crippen LogP contribution in [-0.2, 0) is 11.2 Å². The second-order valence-corrected chi connectivity index (χ2v) is 4.74. The number of rotatable bonds is 5. The van der Waals surface area contributed by atoms with Gasteiger partial charge in [0.25, 0.3) is 0 Å². The van der Waals surface area contributed by atoms with E-state index in [2.05, 4.69) is 12.6 Å². The molecular weight excluding hydrogens is 246 g/mol. The van der Waals surface area contributed by atoms with E-state index in [1.807, 2.05) is 31.3 Å². The summed E-state index contributed by atoms with van der Waals surface area (Å²) in [6.45, 7) is 0.705. The summed E-state index contributed by atoms with van der Waals surface area (Å²) in [7, 11) is 1.83. The number of furan rings is 1. The number of para-hydroxylation sites is 1. The predicted octanol–water partition coefficient (Wildman–Crippen LogP) is 2.75. The van der Waals surface area contributed by atoms with Crippen molar-refractivity contribution in [3.8, 4) is 0 Å². The number of amides is 1. The van der Waals surface area contributed by atoms with Crippen molar-refractivity contribution in [2.75, 3.05) is 19.3 Å². The van der Waals surface area contributed by atoms with Gasteiger partial charge in [0.05, 0.1) is 6.26 Å². The van der Waals surface area contributed by atoms with E-state index in [-0.39, 0.29) is 5.91 Å². The highest BCUT2D eigenvalue weighted by molar-refractivity contribution is 7.80. The third kappa shape index (κ3) is 2.88. The van der Waals surface area contributed by atoms with Crippen LogP contribution >= 0.6 is 12.6 Å². The van der Waals surface area contributed by atoms with E-state index in [0.29, 0.717) is 18.7 Å². The maximum atomic E-state index is 11.6. The van der Waals surface area contributed by atoms with E-state index in [1.54, 1.807) is 11.2 Å². The second kappa shape index (κ2) is 5.96. The van der Waals surface area contributed by atoms with Gasteiger partial charge in [0.1, 0.15) is 5.58 Å². The molecule has 0 spiro atoms. The molecule has 3 nitrogen and oxygen atoms in total. The number of thiol groups is 1. The van der Waals surface area contributed by atoms with Gasteiger partial charge in [-0.15, -0.1) is 0 Å². The molecule has 0 atom stereocenters. The van der Waals surface area contributed by atoms with Gasteiger partial charge >= 0.3 is 0 Å². The zero-order chi connectivity index (χ0) is 13.0. The van der Waals surface area contributed by atoms with E-state index < -0.39 is 0 Å². The number of hydrogen-bond acceptors (Lipinski definition) is 3. The SMILES string of the molecule is CN(CCc1coc2ccccc12)C(=O)CCS. The molecule has 0 aliphatic heterocycles. The summed E-state index contributed by atoms with van der Waals surface area (Å²) in [5.74, 6) is 0.732. The van der Waals surface area contributed by atoms with Gasteiger partial charge in [-0.25, -0.2) is 0 Å². The monoisotopic (exact) mass is 263 g/mol. The fourth-order valence-corrected chi connectivity index (χ4v) is 2.12. The molecule has 1 amide bonds. The van der Waals surface area contributed by atoms with E-state index in [4.69, 9.17) is 4.42 Å². The Morgan fingerprint density at radius 1 is 1.39 bits per heavy atom. The molecule has 0 aliphatic rings. The Kier molecular flexibility index (Phi) is 4.31. The molecule has 2 rings (SSSR count). The van der Waals surface area contributed by atoms with Crippen molar-refractivity contribution in [2.45, 2.75) is 12.8 Å². The fourth-order valence-electron chi connectivity index (χ4n) is 1.93. The van der Waals surface area contributed by atoms with Crippen molar-refractivity contribution in [2.24, 2.45) is 0 Å². The van der Waals surface area contributed by atoms with E-state index in [1.165, 1.54) is 0 Å². The fraction of sp³-hybridized carbons (Fsp3) is 0.357. The van der Waals surface area contributed by atoms with Crippen molar-refractivity contribution in [3.63, 3.8) is 0 Å². The Morgan fingerprint density at radius 2 is 2.17 bits per heavy atom. The number of carbonyl (C=O) groups is 1. The summed E-state index contributed by atoms with van der Waals surface area (Å²) in [4.78, 5) is 13.4. The van der Waals surface area contributed by atoms with Gasteiger partial charge < -0.3 is 9.32 Å². The van der Waals surface area contributed by atoms with Gasteiger partial charge in [0.15, 0.2) is 0 Å². The predicted molar refractivity (Wildman–Crippen MR) is 76.0 cm³/mol. The summed E-state index contributed by atoms with van der Waals surface area (Å²) in [6.07, 6.45) is 3.08. The summed E-state index contributed by atoms with van der Waals surface area (Å²) in [5.41, 5.74) is 2.05. The average molecular weight is 263 g/mol. The number of fused-ring (bicyclic) bond motifs is 1. The first-order valence-corrected chi connectivity index (χ1v) is 6.65. The molecule has 1 aromatic carbocycles. The van der Waals surface area contributed by atoms with Gasteiger partial charge in [-0.2, -0.15) is 12.6 Å². The van der Waals surface area contributed by atoms with Crippen molar-refractivity contribution >= 4 is 29.5 Å². The smallest absolute Gasteiger partial charge is 0.223 e. The van der Waals surface area contributed by atoms with Crippen LogP contribution in [0.15, 0.2) is 34.9 Å². The molecule has 0 saturated heterocycles. The quantitative estimate of drug-likeness (QED) is 0.842. The molecule has 1 aromatic heterocycles. The lowest BCUT2D eigenvalue weighted by atomic mass is 10.1. The van der Waals surface area contributed by atoms with E-state index in [9.17, 15) is 4.79 Å². The number of nitrogens with zero attached hydrogens (tertiary/aromatic N) is 1. The lowest BCUT2D eigenvalue weighted by Gasteiger charge is -2.16. The van der Waals surface area contributed by atoms with Crippen molar-refractivity contribution in [1.82, 2.24) is 4.90 Å². The first kappa shape index (κ1) is 13.0. The molecule has 0 fully saturated rings. The molecule has 0 unspecified atom stereocenters. The minimum Gasteiger partial charge on any atom is -0.464 e. The van der Waals surface area contributed by atoms with Gasteiger partial charge in [0.2, 0.25) is 5.91 Å². The minimum absolute atomic E-state index is 0.137. The molecule has 1 heterocycles. The maximum absolute atomic E-state index is 11.6. The molecule has 0 N–H and O–H groups in total. The standard InChI is InChI=1S/C14H17NO2S/c1-15(14(16)7-9-18)8-6-11-10-17-13-5-3-2-4-12(11)13/h2-5,10,18H,6-9H2,1H3. The molecule has 0 aliphatic carbocycles. The van der Waals surface area contributed by atoms with Crippen LogP contribution in [0.1, 0.15) is 12.0 Å². The highest BCUT2D eigenvalue weighted by Crippen LogP contribution is 2.21. The Morgan fingerprint density at radius 3 is 2.94 bits per heavy atom. The van der Waals surface area contributed by atoms with E-state index >= 15 is 0 Å². The molecule has 0 radical (unpaired) electrons. The highest BCUT2D eigenvalue weighted by Gasteiger charge is 2.10. The minimum atomic E-state index is 0.137. The van der Waals surface area contributed by atoms with Crippen LogP contribution in [0.3, 0.4) is 0 Å². The summed E-state index contributed by atoms with van der Waals surface area (Å²) >= 11 is 4.07. The van der Waals surface area contributed by atoms with E-state index in [0.717, 1.165) is 23.0 Å². The zero-order valence-electron chi connectivity index (χ0n) is 10.4. The van der Waals surface area contributed by atoms with Crippen molar-refractivity contribution < 1.29 is 9.21 Å². The Hall–Kier alpha value is -1.42. The number of hydrogen-bond donors (Lipinski definition) is 1. The largest absolute Gasteiger partial charge is 0.464 e. The van der Waals surface area contributed by atoms with Crippen LogP contribution in [0.4, 0.5) is 0 Å². The number of benzene rings is 1. The highest BCUT2D eigenvalue weighted by atomic mass is 32.1. The topological polar surface area (TPSA) is 33.5 Å². The zero-order valence-corrected chi connectivity index (χ0v) is 11.3. The number of carbonyl (C=O) groups excluding carboxylic acids is 1. The Balaban J connectivity index is 2.00. The molecule has 96 valence electrons. The van der Waals surface area contributed by atoms with Crippen LogP contribution in [0.5, 0.6) is 0 Å². The summed E-state index contributed by atoms with van der Waals surface area (Å²) < 4.78 is 5.47. The summed E-state index contributed by atoms with van der Waals surface area (Å²) in [6, 6.07) is 7.95. The normalized spacial score (nSPS) is 10.8. The van der Waals surface area contributed by atoms with Crippen LogP contribution in [0, 0.1) is 0 Å². The number of likely N-dealkylation sites (N-methyl/N-ethyl adjacent to an activating group) is 1. The van der Waals surface area contributed by atoms with Gasteiger partial charge in [-0.3, -0.25) is 4.79 Å². The molecule has 0 saturated carbocycles. The Labute approximate surface area is 112 Å². The average Bonchev–Trinajstić information content (AvgIpc) is 2.79.